The summed E-state index contributed by atoms with van der Waals surface area (Å²) in [5, 5.41) is 22.4. The Morgan fingerprint density at radius 3 is 2.71 bits per heavy atom. The van der Waals surface area contributed by atoms with Gasteiger partial charge in [0.1, 0.15) is 0 Å². The van der Waals surface area contributed by atoms with E-state index in [1.54, 1.807) is 0 Å². The molecule has 3 N–H and O–H groups in total. The number of H-pyrrole nitrogens is 1. The van der Waals surface area contributed by atoms with E-state index in [1.165, 1.54) is 0 Å². The highest BCUT2D eigenvalue weighted by Gasteiger charge is 2.12. The number of nitrogens with zero attached hydrogens (tertiary/aromatic N) is 2. The van der Waals surface area contributed by atoms with Gasteiger partial charge in [0.25, 0.3) is 0 Å². The van der Waals surface area contributed by atoms with Crippen molar-refractivity contribution in [3.05, 3.63) is 59.2 Å². The van der Waals surface area contributed by atoms with Gasteiger partial charge in [-0.15, -0.1) is 10.2 Å². The zero-order chi connectivity index (χ0) is 17.1. The fourth-order valence-electron chi connectivity index (χ4n) is 2.63. The molecule has 5 nitrogen and oxygen atoms in total. The highest BCUT2D eigenvalue weighted by atomic mass is 32.1. The number of aryl methyl sites for hydroxylation is 2. The minimum atomic E-state index is -0.00620. The maximum atomic E-state index is 10.1. The molecule has 3 rings (SSSR count). The van der Waals surface area contributed by atoms with Gasteiger partial charge in [0.15, 0.2) is 5.69 Å². The number of benzene rings is 2. The van der Waals surface area contributed by atoms with Crippen LogP contribution in [-0.4, -0.2) is 15.2 Å². The maximum Gasteiger partial charge on any atom is 0.218 e. The van der Waals surface area contributed by atoms with Crippen LogP contribution in [0.5, 0.6) is 5.88 Å². The van der Waals surface area contributed by atoms with Crippen molar-refractivity contribution in [2.45, 2.75) is 20.4 Å². The molecule has 0 radical (unpaired) electrons. The van der Waals surface area contributed by atoms with Crippen molar-refractivity contribution in [1.82, 2.24) is 10.3 Å². The predicted molar refractivity (Wildman–Crippen MR) is 99.8 cm³/mol. The number of fused-ring (bicyclic) bond motifs is 1. The molecule has 122 valence electrons. The minimum Gasteiger partial charge on any atom is -0.493 e. The molecule has 1 aromatic heterocycles. The van der Waals surface area contributed by atoms with Crippen LogP contribution in [0.1, 0.15) is 16.7 Å². The van der Waals surface area contributed by atoms with Gasteiger partial charge in [0.2, 0.25) is 11.0 Å². The molecular formula is C18H18N4OS. The molecular weight excluding hydrogens is 320 g/mol. The zero-order valence-corrected chi connectivity index (χ0v) is 14.3. The van der Waals surface area contributed by atoms with Crippen LogP contribution in [0.25, 0.3) is 10.9 Å². The Hall–Kier alpha value is -2.73. The molecule has 0 unspecified atom stereocenters. The van der Waals surface area contributed by atoms with Crippen LogP contribution in [0, 0.1) is 13.8 Å². The predicted octanol–water partition coefficient (Wildman–Crippen LogP) is 4.65. The number of aromatic hydroxyl groups is 1. The Bertz CT molecular complexity index is 916. The lowest BCUT2D eigenvalue weighted by molar-refractivity contribution is 0.459. The molecule has 0 aliphatic rings. The summed E-state index contributed by atoms with van der Waals surface area (Å²) in [5.74, 6) is -0.00620. The van der Waals surface area contributed by atoms with Crippen molar-refractivity contribution in [3.8, 4) is 5.88 Å². The Kier molecular flexibility index (Phi) is 4.57. The van der Waals surface area contributed by atoms with Gasteiger partial charge in [-0.05, 0) is 43.3 Å². The summed E-state index contributed by atoms with van der Waals surface area (Å²) in [7, 11) is 0. The second-order valence-corrected chi connectivity index (χ2v) is 6.06. The molecule has 3 aromatic rings. The van der Waals surface area contributed by atoms with Crippen LogP contribution in [-0.2, 0) is 6.54 Å². The number of rotatable bonds is 3. The first-order valence-electron chi connectivity index (χ1n) is 7.60. The monoisotopic (exact) mass is 338 g/mol. The van der Waals surface area contributed by atoms with Crippen molar-refractivity contribution in [1.29, 1.82) is 0 Å². The van der Waals surface area contributed by atoms with E-state index in [0.29, 0.717) is 12.2 Å². The van der Waals surface area contributed by atoms with E-state index in [1.807, 2.05) is 56.3 Å². The summed E-state index contributed by atoms with van der Waals surface area (Å²) in [6.07, 6.45) is 0. The van der Waals surface area contributed by atoms with Gasteiger partial charge in [-0.1, -0.05) is 42.0 Å². The molecule has 2 aromatic carbocycles. The van der Waals surface area contributed by atoms with Gasteiger partial charge >= 0.3 is 0 Å². The second-order valence-electron chi connectivity index (χ2n) is 5.67. The summed E-state index contributed by atoms with van der Waals surface area (Å²) in [6, 6.07) is 13.9. The lowest BCUT2D eigenvalue weighted by Gasteiger charge is -2.02. The molecule has 0 saturated heterocycles. The van der Waals surface area contributed by atoms with Crippen LogP contribution in [0.4, 0.5) is 5.69 Å². The molecule has 0 spiro atoms. The first-order chi connectivity index (χ1) is 11.5. The summed E-state index contributed by atoms with van der Waals surface area (Å²) >= 11 is 5.18. The average molecular weight is 338 g/mol. The van der Waals surface area contributed by atoms with Gasteiger partial charge < -0.3 is 15.4 Å². The Balaban J connectivity index is 1.78. The van der Waals surface area contributed by atoms with Crippen LogP contribution in [0.3, 0.4) is 0 Å². The molecule has 24 heavy (non-hydrogen) atoms. The average Bonchev–Trinajstić information content (AvgIpc) is 2.88. The van der Waals surface area contributed by atoms with Gasteiger partial charge in [-0.2, -0.15) is 0 Å². The summed E-state index contributed by atoms with van der Waals surface area (Å²) in [5.41, 5.74) is 4.51. The van der Waals surface area contributed by atoms with E-state index in [-0.39, 0.29) is 11.0 Å². The van der Waals surface area contributed by atoms with Gasteiger partial charge in [0, 0.05) is 11.9 Å². The number of hydrogen-bond acceptors (Lipinski definition) is 3. The van der Waals surface area contributed by atoms with Crippen LogP contribution >= 0.6 is 12.2 Å². The quantitative estimate of drug-likeness (QED) is 0.481. The lowest BCUT2D eigenvalue weighted by Crippen LogP contribution is -2.18. The molecule has 0 bridgehead atoms. The molecule has 0 saturated carbocycles. The molecule has 6 heteroatoms. The second kappa shape index (κ2) is 6.80. The molecule has 0 fully saturated rings. The zero-order valence-electron chi connectivity index (χ0n) is 13.5. The van der Waals surface area contributed by atoms with Crippen LogP contribution in [0.15, 0.2) is 52.7 Å². The fraction of sp³-hybridized carbons (Fsp3) is 0.167. The van der Waals surface area contributed by atoms with E-state index in [4.69, 9.17) is 12.2 Å². The Morgan fingerprint density at radius 2 is 1.96 bits per heavy atom. The largest absolute Gasteiger partial charge is 0.493 e. The van der Waals surface area contributed by atoms with Crippen molar-refractivity contribution in [3.63, 3.8) is 0 Å². The third-order valence-electron chi connectivity index (χ3n) is 3.73. The van der Waals surface area contributed by atoms with Crippen LogP contribution < -0.4 is 5.32 Å². The minimum absolute atomic E-state index is 0.00620. The lowest BCUT2D eigenvalue weighted by atomic mass is 10.1. The summed E-state index contributed by atoms with van der Waals surface area (Å²) in [6.45, 7) is 4.57. The number of azo groups is 1. The van der Waals surface area contributed by atoms with Crippen LogP contribution in [0.2, 0.25) is 0 Å². The standard InChI is InChI=1S/C18H18N4OS/c1-11-8-12(2)15-14(9-11)16(17(23)20-15)21-22-18(24)19-10-13-6-4-3-5-7-13/h3-9,20,23H,10H2,1-2H3,(H,19,24). The normalized spacial score (nSPS) is 11.2. The number of hydrogen-bond donors (Lipinski definition) is 3. The van der Waals surface area contributed by atoms with Crippen molar-refractivity contribution >= 4 is 33.9 Å². The molecule has 0 amide bonds. The third-order valence-corrected chi connectivity index (χ3v) is 3.96. The van der Waals surface area contributed by atoms with Crippen molar-refractivity contribution < 1.29 is 5.11 Å². The number of thiocarbonyl (C=S) groups is 1. The topological polar surface area (TPSA) is 72.8 Å². The van der Waals surface area contributed by atoms with E-state index >= 15 is 0 Å². The van der Waals surface area contributed by atoms with Gasteiger partial charge in [-0.25, -0.2) is 0 Å². The molecule has 0 atom stereocenters. The van der Waals surface area contributed by atoms with Gasteiger partial charge in [0.05, 0.1) is 5.52 Å². The number of aromatic amines is 1. The Labute approximate surface area is 145 Å². The first-order valence-corrected chi connectivity index (χ1v) is 8.01. The molecule has 1 heterocycles. The van der Waals surface area contributed by atoms with E-state index in [2.05, 4.69) is 20.5 Å². The van der Waals surface area contributed by atoms with Crippen molar-refractivity contribution in [2.24, 2.45) is 10.2 Å². The fourth-order valence-corrected chi connectivity index (χ4v) is 2.74. The third kappa shape index (κ3) is 3.44. The number of nitrogens with one attached hydrogen (secondary N) is 2. The Morgan fingerprint density at radius 1 is 1.21 bits per heavy atom. The van der Waals surface area contributed by atoms with Crippen molar-refractivity contribution in [2.75, 3.05) is 0 Å². The SMILES string of the molecule is Cc1cc(C)c2[nH]c(O)c(N=NC(=S)NCc3ccccc3)c2c1. The highest BCUT2D eigenvalue weighted by Crippen LogP contribution is 2.37. The summed E-state index contributed by atoms with van der Waals surface area (Å²) in [4.78, 5) is 2.94. The summed E-state index contributed by atoms with van der Waals surface area (Å²) < 4.78 is 0. The number of aromatic nitrogens is 1. The van der Waals surface area contributed by atoms with Gasteiger partial charge in [-0.3, -0.25) is 0 Å². The molecule has 0 aliphatic carbocycles. The first kappa shape index (κ1) is 16.1. The van der Waals surface area contributed by atoms with E-state index in [9.17, 15) is 5.11 Å². The smallest absolute Gasteiger partial charge is 0.218 e. The molecule has 0 aliphatic heterocycles. The van der Waals surface area contributed by atoms with E-state index < -0.39 is 0 Å². The highest BCUT2D eigenvalue weighted by molar-refractivity contribution is 7.80. The maximum absolute atomic E-state index is 10.1. The van der Waals surface area contributed by atoms with E-state index in [0.717, 1.165) is 27.6 Å².